The summed E-state index contributed by atoms with van der Waals surface area (Å²) in [5.74, 6) is 1.65. The molecule has 0 N–H and O–H groups in total. The van der Waals surface area contributed by atoms with Gasteiger partial charge in [0.05, 0.1) is 0 Å². The number of oxazole rings is 1. The quantitative estimate of drug-likeness (QED) is 0.672. The standard InChI is InChI=1S/C19H15NO2/c21-12-15-11-16(15)19-20-17(13-7-3-1-4-8-13)18(22-19)14-9-5-2-6-10-14/h1-10,12,15-16H,11H2/t15?,16-/m0/s1. The Balaban J connectivity index is 1.83. The molecule has 0 amide bonds. The maximum absolute atomic E-state index is 10.9. The van der Waals surface area contributed by atoms with Crippen LogP contribution in [-0.4, -0.2) is 11.3 Å². The van der Waals surface area contributed by atoms with E-state index in [9.17, 15) is 4.79 Å². The Labute approximate surface area is 128 Å². The van der Waals surface area contributed by atoms with Crippen LogP contribution in [0, 0.1) is 5.92 Å². The summed E-state index contributed by atoms with van der Waals surface area (Å²) >= 11 is 0. The molecule has 0 aliphatic heterocycles. The summed E-state index contributed by atoms with van der Waals surface area (Å²) in [5, 5.41) is 0. The third kappa shape index (κ3) is 2.25. The van der Waals surface area contributed by atoms with Crippen molar-refractivity contribution in [3.63, 3.8) is 0 Å². The molecule has 0 spiro atoms. The maximum atomic E-state index is 10.9. The second-order valence-corrected chi connectivity index (χ2v) is 5.60. The number of rotatable bonds is 4. The number of hydrogen-bond donors (Lipinski definition) is 0. The number of aldehydes is 1. The van der Waals surface area contributed by atoms with Crippen LogP contribution in [0.25, 0.3) is 22.6 Å². The van der Waals surface area contributed by atoms with Crippen LogP contribution in [-0.2, 0) is 4.79 Å². The zero-order chi connectivity index (χ0) is 14.9. The van der Waals surface area contributed by atoms with Crippen LogP contribution in [0.15, 0.2) is 65.1 Å². The molecule has 0 saturated heterocycles. The lowest BCUT2D eigenvalue weighted by atomic mass is 10.1. The Kier molecular flexibility index (Phi) is 3.11. The van der Waals surface area contributed by atoms with Crippen molar-refractivity contribution in [2.24, 2.45) is 5.92 Å². The van der Waals surface area contributed by atoms with Crippen molar-refractivity contribution in [1.29, 1.82) is 0 Å². The number of benzene rings is 2. The summed E-state index contributed by atoms with van der Waals surface area (Å²) in [7, 11) is 0. The van der Waals surface area contributed by atoms with Crippen LogP contribution in [0.3, 0.4) is 0 Å². The fraction of sp³-hybridized carbons (Fsp3) is 0.158. The lowest BCUT2D eigenvalue weighted by Gasteiger charge is -2.00. The smallest absolute Gasteiger partial charge is 0.199 e. The summed E-state index contributed by atoms with van der Waals surface area (Å²) in [5.41, 5.74) is 2.88. The molecule has 1 saturated carbocycles. The molecule has 1 aliphatic carbocycles. The maximum Gasteiger partial charge on any atom is 0.199 e. The molecule has 2 atom stereocenters. The molecule has 3 heteroatoms. The lowest BCUT2D eigenvalue weighted by Crippen LogP contribution is -1.85. The summed E-state index contributed by atoms with van der Waals surface area (Å²) in [6.07, 6.45) is 1.84. The second-order valence-electron chi connectivity index (χ2n) is 5.60. The molecule has 2 aromatic carbocycles. The Hall–Kier alpha value is -2.68. The molecule has 0 bridgehead atoms. The average molecular weight is 289 g/mol. The summed E-state index contributed by atoms with van der Waals surface area (Å²) < 4.78 is 6.04. The van der Waals surface area contributed by atoms with E-state index in [1.165, 1.54) is 0 Å². The fourth-order valence-corrected chi connectivity index (χ4v) is 2.72. The van der Waals surface area contributed by atoms with Gasteiger partial charge in [-0.2, -0.15) is 0 Å². The predicted octanol–water partition coefficient (Wildman–Crippen LogP) is 4.31. The van der Waals surface area contributed by atoms with Gasteiger partial charge in [0, 0.05) is 23.0 Å². The van der Waals surface area contributed by atoms with Gasteiger partial charge in [-0.1, -0.05) is 60.7 Å². The van der Waals surface area contributed by atoms with Crippen molar-refractivity contribution in [3.05, 3.63) is 66.6 Å². The Morgan fingerprint density at radius 2 is 1.59 bits per heavy atom. The Morgan fingerprint density at radius 1 is 0.955 bits per heavy atom. The molecule has 108 valence electrons. The highest BCUT2D eigenvalue weighted by Crippen LogP contribution is 2.47. The minimum atomic E-state index is 0.0610. The number of hydrogen-bond acceptors (Lipinski definition) is 3. The molecular formula is C19H15NO2. The largest absolute Gasteiger partial charge is 0.440 e. The molecule has 3 nitrogen and oxygen atoms in total. The number of aromatic nitrogens is 1. The molecule has 4 rings (SSSR count). The van der Waals surface area contributed by atoms with Crippen LogP contribution in [0.4, 0.5) is 0 Å². The SMILES string of the molecule is O=CC1C[C@@H]1c1nc(-c2ccccc2)c(-c2ccccc2)o1. The van der Waals surface area contributed by atoms with Crippen molar-refractivity contribution in [2.45, 2.75) is 12.3 Å². The van der Waals surface area contributed by atoms with Crippen molar-refractivity contribution in [1.82, 2.24) is 4.98 Å². The van der Waals surface area contributed by atoms with Gasteiger partial charge < -0.3 is 9.21 Å². The van der Waals surface area contributed by atoms with Crippen LogP contribution in [0.5, 0.6) is 0 Å². The fourth-order valence-electron chi connectivity index (χ4n) is 2.72. The van der Waals surface area contributed by atoms with Gasteiger partial charge in [-0.3, -0.25) is 0 Å². The van der Waals surface area contributed by atoms with Crippen LogP contribution in [0.1, 0.15) is 18.2 Å². The van der Waals surface area contributed by atoms with E-state index in [1.807, 2.05) is 60.7 Å². The number of nitrogens with zero attached hydrogens (tertiary/aromatic N) is 1. The monoisotopic (exact) mass is 289 g/mol. The first-order valence-corrected chi connectivity index (χ1v) is 7.43. The van der Waals surface area contributed by atoms with Gasteiger partial charge in [-0.15, -0.1) is 0 Å². The first-order valence-electron chi connectivity index (χ1n) is 7.43. The third-order valence-corrected chi connectivity index (χ3v) is 4.06. The zero-order valence-corrected chi connectivity index (χ0v) is 12.0. The first-order chi connectivity index (χ1) is 10.9. The van der Waals surface area contributed by atoms with E-state index in [0.717, 1.165) is 35.3 Å². The van der Waals surface area contributed by atoms with Gasteiger partial charge in [-0.25, -0.2) is 4.98 Å². The highest BCUT2D eigenvalue weighted by Gasteiger charge is 2.42. The van der Waals surface area contributed by atoms with E-state index in [1.54, 1.807) is 0 Å². The first kappa shape index (κ1) is 13.0. The molecule has 1 unspecified atom stereocenters. The van der Waals surface area contributed by atoms with Crippen molar-refractivity contribution in [3.8, 4) is 22.6 Å². The second kappa shape index (κ2) is 5.26. The topological polar surface area (TPSA) is 43.1 Å². The van der Waals surface area contributed by atoms with Crippen LogP contribution in [0.2, 0.25) is 0 Å². The van der Waals surface area contributed by atoms with Crippen molar-refractivity contribution in [2.75, 3.05) is 0 Å². The molecule has 1 fully saturated rings. The molecule has 3 aromatic rings. The third-order valence-electron chi connectivity index (χ3n) is 4.06. The van der Waals surface area contributed by atoms with E-state index < -0.39 is 0 Å². The van der Waals surface area contributed by atoms with Crippen molar-refractivity contribution < 1.29 is 9.21 Å². The van der Waals surface area contributed by atoms with Crippen LogP contribution >= 0.6 is 0 Å². The zero-order valence-electron chi connectivity index (χ0n) is 12.0. The molecule has 1 aliphatic rings. The Bertz CT molecular complexity index is 736. The van der Waals surface area contributed by atoms with E-state index in [4.69, 9.17) is 9.40 Å². The van der Waals surface area contributed by atoms with Gasteiger partial charge in [0.1, 0.15) is 12.0 Å². The van der Waals surface area contributed by atoms with E-state index in [0.29, 0.717) is 5.89 Å². The molecule has 1 heterocycles. The normalized spacial score (nSPS) is 19.8. The Morgan fingerprint density at radius 3 is 2.18 bits per heavy atom. The van der Waals surface area contributed by atoms with Gasteiger partial charge >= 0.3 is 0 Å². The van der Waals surface area contributed by atoms with E-state index >= 15 is 0 Å². The molecule has 22 heavy (non-hydrogen) atoms. The average Bonchev–Trinajstić information content (AvgIpc) is 3.26. The number of carbonyl (C=O) groups is 1. The predicted molar refractivity (Wildman–Crippen MR) is 84.3 cm³/mol. The highest BCUT2D eigenvalue weighted by atomic mass is 16.4. The summed E-state index contributed by atoms with van der Waals surface area (Å²) in [6, 6.07) is 20.0. The minimum absolute atomic E-state index is 0.0610. The lowest BCUT2D eigenvalue weighted by molar-refractivity contribution is -0.108. The van der Waals surface area contributed by atoms with Gasteiger partial charge in [0.15, 0.2) is 11.7 Å². The van der Waals surface area contributed by atoms with Gasteiger partial charge in [-0.05, 0) is 6.42 Å². The van der Waals surface area contributed by atoms with E-state index in [2.05, 4.69) is 0 Å². The highest BCUT2D eigenvalue weighted by molar-refractivity contribution is 5.77. The summed E-state index contributed by atoms with van der Waals surface area (Å²) in [4.78, 5) is 15.6. The van der Waals surface area contributed by atoms with E-state index in [-0.39, 0.29) is 11.8 Å². The molecule has 1 aromatic heterocycles. The van der Waals surface area contributed by atoms with Crippen LogP contribution < -0.4 is 0 Å². The number of carbonyl (C=O) groups excluding carboxylic acids is 1. The van der Waals surface area contributed by atoms with Gasteiger partial charge in [0.2, 0.25) is 0 Å². The van der Waals surface area contributed by atoms with Gasteiger partial charge in [0.25, 0.3) is 0 Å². The molecular weight excluding hydrogens is 274 g/mol. The van der Waals surface area contributed by atoms with Crippen molar-refractivity contribution >= 4 is 6.29 Å². The summed E-state index contributed by atoms with van der Waals surface area (Å²) in [6.45, 7) is 0. The minimum Gasteiger partial charge on any atom is -0.440 e. The molecule has 0 radical (unpaired) electrons.